The van der Waals surface area contributed by atoms with Crippen LogP contribution in [0.15, 0.2) is 24.3 Å². The lowest BCUT2D eigenvalue weighted by atomic mass is 10.1. The summed E-state index contributed by atoms with van der Waals surface area (Å²) in [5.41, 5.74) is 6.57. The highest BCUT2D eigenvalue weighted by atomic mass is 127. The molecule has 0 spiro atoms. The van der Waals surface area contributed by atoms with Gasteiger partial charge in [-0.1, -0.05) is 12.1 Å². The van der Waals surface area contributed by atoms with Crippen molar-refractivity contribution in [2.24, 2.45) is 11.7 Å². The zero-order chi connectivity index (χ0) is 14.5. The Hall–Kier alpha value is -0.950. The molecular weight excluding hydrogens is 367 g/mol. The summed E-state index contributed by atoms with van der Waals surface area (Å²) in [5, 5.41) is 2.80. The van der Waals surface area contributed by atoms with E-state index in [4.69, 9.17) is 5.73 Å². The van der Waals surface area contributed by atoms with Crippen molar-refractivity contribution in [3.8, 4) is 0 Å². The Balaban J connectivity index is 1.69. The van der Waals surface area contributed by atoms with Gasteiger partial charge in [-0.2, -0.15) is 0 Å². The van der Waals surface area contributed by atoms with Gasteiger partial charge in [0.05, 0.1) is 0 Å². The van der Waals surface area contributed by atoms with Gasteiger partial charge in [-0.3, -0.25) is 9.59 Å². The molecule has 1 saturated carbocycles. The van der Waals surface area contributed by atoms with Crippen molar-refractivity contribution in [3.05, 3.63) is 33.4 Å². The van der Waals surface area contributed by atoms with Crippen LogP contribution in [0.25, 0.3) is 0 Å². The number of Topliss-reactive ketones (excluding diaryl/α,β-unsaturated/α-hetero) is 1. The predicted octanol–water partition coefficient (Wildman–Crippen LogP) is 2.11. The van der Waals surface area contributed by atoms with Crippen molar-refractivity contribution in [2.75, 3.05) is 6.54 Å². The summed E-state index contributed by atoms with van der Waals surface area (Å²) >= 11 is 2.19. The highest BCUT2D eigenvalue weighted by molar-refractivity contribution is 14.1. The van der Waals surface area contributed by atoms with Gasteiger partial charge in [-0.25, -0.2) is 0 Å². The smallest absolute Gasteiger partial charge is 0.220 e. The second-order valence-electron chi connectivity index (χ2n) is 5.24. The number of carbonyl (C=O) groups excluding carboxylic acids is 2. The zero-order valence-corrected chi connectivity index (χ0v) is 13.4. The van der Waals surface area contributed by atoms with Crippen LogP contribution < -0.4 is 11.1 Å². The number of amides is 1. The molecule has 20 heavy (non-hydrogen) atoms. The molecule has 2 rings (SSSR count). The molecule has 1 aromatic rings. The first-order valence-electron chi connectivity index (χ1n) is 6.87. The Kier molecular flexibility index (Phi) is 5.54. The van der Waals surface area contributed by atoms with Crippen LogP contribution in [-0.2, 0) is 4.79 Å². The minimum Gasteiger partial charge on any atom is -0.355 e. The van der Waals surface area contributed by atoms with Crippen molar-refractivity contribution >= 4 is 34.3 Å². The largest absolute Gasteiger partial charge is 0.355 e. The Morgan fingerprint density at radius 2 is 1.90 bits per heavy atom. The average Bonchev–Trinajstić information content (AvgIpc) is 3.27. The highest BCUT2D eigenvalue weighted by Crippen LogP contribution is 2.31. The number of rotatable bonds is 7. The highest BCUT2D eigenvalue weighted by Gasteiger charge is 2.28. The van der Waals surface area contributed by atoms with Gasteiger partial charge in [0.2, 0.25) is 5.91 Å². The van der Waals surface area contributed by atoms with Gasteiger partial charge in [0, 0.05) is 34.6 Å². The van der Waals surface area contributed by atoms with Crippen LogP contribution in [0.3, 0.4) is 0 Å². The predicted molar refractivity (Wildman–Crippen MR) is 86.4 cm³/mol. The fraction of sp³-hybridized carbons (Fsp3) is 0.467. The molecule has 4 nitrogen and oxygen atoms in total. The van der Waals surface area contributed by atoms with Crippen molar-refractivity contribution in [3.63, 3.8) is 0 Å². The second kappa shape index (κ2) is 7.17. The van der Waals surface area contributed by atoms with Crippen LogP contribution in [0, 0.1) is 9.49 Å². The summed E-state index contributed by atoms with van der Waals surface area (Å²) < 4.78 is 1.09. The van der Waals surface area contributed by atoms with E-state index in [-0.39, 0.29) is 30.6 Å². The summed E-state index contributed by atoms with van der Waals surface area (Å²) in [5.74, 6) is 0.478. The molecule has 5 heteroatoms. The average molecular weight is 386 g/mol. The standard InChI is InChI=1S/C15H19IN2O2/c16-12-5-3-11(4-6-12)14(19)7-8-15(20)18-9-13(17)10-1-2-10/h3-6,10,13H,1-2,7-9,17H2,(H,18,20). The summed E-state index contributed by atoms with van der Waals surface area (Å²) in [6.07, 6.45) is 2.80. The Morgan fingerprint density at radius 3 is 2.50 bits per heavy atom. The number of benzene rings is 1. The molecule has 0 aliphatic heterocycles. The van der Waals surface area contributed by atoms with Gasteiger partial charge >= 0.3 is 0 Å². The van der Waals surface area contributed by atoms with Crippen molar-refractivity contribution < 1.29 is 9.59 Å². The number of halogens is 1. The van der Waals surface area contributed by atoms with E-state index in [9.17, 15) is 9.59 Å². The number of hydrogen-bond donors (Lipinski definition) is 2. The Morgan fingerprint density at radius 1 is 1.25 bits per heavy atom. The maximum Gasteiger partial charge on any atom is 0.220 e. The number of hydrogen-bond acceptors (Lipinski definition) is 3. The molecule has 1 atom stereocenters. The van der Waals surface area contributed by atoms with E-state index in [0.717, 1.165) is 3.57 Å². The van der Waals surface area contributed by atoms with Gasteiger partial charge in [0.15, 0.2) is 5.78 Å². The number of nitrogens with one attached hydrogen (secondary N) is 1. The lowest BCUT2D eigenvalue weighted by molar-refractivity contribution is -0.121. The number of carbonyl (C=O) groups is 2. The molecule has 3 N–H and O–H groups in total. The normalized spacial score (nSPS) is 15.7. The molecule has 108 valence electrons. The lowest BCUT2D eigenvalue weighted by Gasteiger charge is -2.11. The van der Waals surface area contributed by atoms with Crippen molar-refractivity contribution in [1.29, 1.82) is 0 Å². The SMILES string of the molecule is NC(CNC(=O)CCC(=O)c1ccc(I)cc1)C1CC1. The third-order valence-corrected chi connectivity index (χ3v) is 4.23. The first-order valence-corrected chi connectivity index (χ1v) is 7.95. The third kappa shape index (κ3) is 4.86. The van der Waals surface area contributed by atoms with E-state index >= 15 is 0 Å². The monoisotopic (exact) mass is 386 g/mol. The van der Waals surface area contributed by atoms with Gasteiger partial charge < -0.3 is 11.1 Å². The summed E-state index contributed by atoms with van der Waals surface area (Å²) in [6.45, 7) is 0.515. The van der Waals surface area contributed by atoms with Gasteiger partial charge in [0.1, 0.15) is 0 Å². The summed E-state index contributed by atoms with van der Waals surface area (Å²) in [4.78, 5) is 23.6. The molecule has 1 aromatic carbocycles. The first-order chi connectivity index (χ1) is 9.56. The lowest BCUT2D eigenvalue weighted by Crippen LogP contribution is -2.38. The van der Waals surface area contributed by atoms with Crippen LogP contribution in [0.5, 0.6) is 0 Å². The summed E-state index contributed by atoms with van der Waals surface area (Å²) in [6, 6.07) is 7.44. The molecule has 0 bridgehead atoms. The van der Waals surface area contributed by atoms with Crippen LogP contribution in [0.4, 0.5) is 0 Å². The number of nitrogens with two attached hydrogens (primary N) is 1. The van der Waals surface area contributed by atoms with E-state index < -0.39 is 0 Å². The second-order valence-corrected chi connectivity index (χ2v) is 6.48. The molecule has 0 saturated heterocycles. The first kappa shape index (κ1) is 15.4. The van der Waals surface area contributed by atoms with Crippen LogP contribution in [0.2, 0.25) is 0 Å². The molecule has 1 amide bonds. The fourth-order valence-corrected chi connectivity index (χ4v) is 2.38. The van der Waals surface area contributed by atoms with E-state index in [0.29, 0.717) is 18.0 Å². The molecule has 1 aliphatic rings. The van der Waals surface area contributed by atoms with Crippen molar-refractivity contribution in [1.82, 2.24) is 5.32 Å². The third-order valence-electron chi connectivity index (χ3n) is 3.51. The molecule has 0 aromatic heterocycles. The van der Waals surface area contributed by atoms with Crippen molar-refractivity contribution in [2.45, 2.75) is 31.7 Å². The Labute approximate surface area is 132 Å². The quantitative estimate of drug-likeness (QED) is 0.557. The fourth-order valence-electron chi connectivity index (χ4n) is 2.02. The van der Waals surface area contributed by atoms with E-state index in [1.165, 1.54) is 12.8 Å². The van der Waals surface area contributed by atoms with E-state index in [2.05, 4.69) is 27.9 Å². The van der Waals surface area contributed by atoms with Crippen LogP contribution in [-0.4, -0.2) is 24.3 Å². The molecule has 1 unspecified atom stereocenters. The van der Waals surface area contributed by atoms with E-state index in [1.54, 1.807) is 12.1 Å². The molecule has 0 radical (unpaired) electrons. The maximum atomic E-state index is 11.9. The molecule has 1 fully saturated rings. The minimum absolute atomic E-state index is 0.00282. The molecule has 1 aliphatic carbocycles. The summed E-state index contributed by atoms with van der Waals surface area (Å²) in [7, 11) is 0. The minimum atomic E-state index is -0.0973. The zero-order valence-electron chi connectivity index (χ0n) is 11.3. The number of ketones is 1. The van der Waals surface area contributed by atoms with Crippen LogP contribution >= 0.6 is 22.6 Å². The molecule has 0 heterocycles. The maximum absolute atomic E-state index is 11.9. The molecular formula is C15H19IN2O2. The van der Waals surface area contributed by atoms with Gasteiger partial charge in [-0.15, -0.1) is 0 Å². The van der Waals surface area contributed by atoms with Gasteiger partial charge in [-0.05, 0) is 53.5 Å². The van der Waals surface area contributed by atoms with E-state index in [1.807, 2.05) is 12.1 Å². The van der Waals surface area contributed by atoms with Gasteiger partial charge in [0.25, 0.3) is 0 Å². The Bertz CT molecular complexity index is 483. The topological polar surface area (TPSA) is 72.2 Å². The van der Waals surface area contributed by atoms with Crippen LogP contribution in [0.1, 0.15) is 36.0 Å².